The number of rotatable bonds is 7. The summed E-state index contributed by atoms with van der Waals surface area (Å²) in [6.45, 7) is 2.15. The third-order valence-electron chi connectivity index (χ3n) is 2.50. The normalized spacial score (nSPS) is 15.0. The van der Waals surface area contributed by atoms with Crippen molar-refractivity contribution >= 4 is 5.91 Å². The molecule has 0 atom stereocenters. The average Bonchev–Trinajstić information content (AvgIpc) is 2.96. The zero-order valence-corrected chi connectivity index (χ0v) is 9.22. The topological polar surface area (TPSA) is 71.8 Å². The molecule has 1 aliphatic carbocycles. The highest BCUT2D eigenvalue weighted by atomic mass is 16.1. The Morgan fingerprint density at radius 3 is 3.00 bits per heavy atom. The number of nitrogens with one attached hydrogen (secondary N) is 2. The Morgan fingerprint density at radius 1 is 1.44 bits per heavy atom. The Hall–Kier alpha value is -1.43. The van der Waals surface area contributed by atoms with E-state index in [1.54, 1.807) is 17.1 Å². The summed E-state index contributed by atoms with van der Waals surface area (Å²) >= 11 is 0. The predicted octanol–water partition coefficient (Wildman–Crippen LogP) is -0.464. The first-order valence-corrected chi connectivity index (χ1v) is 5.69. The monoisotopic (exact) mass is 223 g/mol. The second-order valence-corrected chi connectivity index (χ2v) is 3.99. The van der Waals surface area contributed by atoms with Gasteiger partial charge in [0.05, 0.1) is 12.7 Å². The van der Waals surface area contributed by atoms with Crippen LogP contribution in [0.5, 0.6) is 0 Å². The quantitative estimate of drug-likeness (QED) is 0.613. The van der Waals surface area contributed by atoms with Gasteiger partial charge in [-0.05, 0) is 12.8 Å². The van der Waals surface area contributed by atoms with Crippen LogP contribution in [-0.4, -0.2) is 40.0 Å². The summed E-state index contributed by atoms with van der Waals surface area (Å²) in [6.07, 6.45) is 6.37. The Morgan fingerprint density at radius 2 is 2.31 bits per heavy atom. The van der Waals surface area contributed by atoms with E-state index in [2.05, 4.69) is 20.9 Å². The zero-order valence-electron chi connectivity index (χ0n) is 9.22. The predicted molar refractivity (Wildman–Crippen MR) is 58.7 cm³/mol. The minimum Gasteiger partial charge on any atom is -0.355 e. The minimum absolute atomic E-state index is 0.0631. The Balaban J connectivity index is 1.50. The number of carbonyl (C=O) groups is 1. The molecule has 6 heteroatoms. The first kappa shape index (κ1) is 11.1. The van der Waals surface area contributed by atoms with Crippen LogP contribution in [0.15, 0.2) is 12.4 Å². The summed E-state index contributed by atoms with van der Waals surface area (Å²) in [7, 11) is 0. The number of carbonyl (C=O) groups excluding carboxylic acids is 1. The largest absolute Gasteiger partial charge is 0.355 e. The van der Waals surface area contributed by atoms with Gasteiger partial charge in [0.1, 0.15) is 0 Å². The molecular weight excluding hydrogens is 206 g/mol. The maximum atomic E-state index is 11.4. The number of amides is 1. The van der Waals surface area contributed by atoms with Crippen molar-refractivity contribution in [3.63, 3.8) is 0 Å². The van der Waals surface area contributed by atoms with E-state index in [0.717, 1.165) is 6.54 Å². The summed E-state index contributed by atoms with van der Waals surface area (Å²) in [5.74, 6) is 0.0631. The van der Waals surface area contributed by atoms with Gasteiger partial charge in [-0.2, -0.15) is 0 Å². The molecule has 2 rings (SSSR count). The fourth-order valence-electron chi connectivity index (χ4n) is 1.42. The van der Waals surface area contributed by atoms with E-state index in [1.165, 1.54) is 12.8 Å². The lowest BCUT2D eigenvalue weighted by atomic mass is 10.4. The molecule has 6 nitrogen and oxygen atoms in total. The molecule has 1 aromatic rings. The van der Waals surface area contributed by atoms with Crippen LogP contribution >= 0.6 is 0 Å². The molecule has 0 spiro atoms. The zero-order chi connectivity index (χ0) is 11.2. The lowest BCUT2D eigenvalue weighted by Crippen LogP contribution is -2.33. The van der Waals surface area contributed by atoms with Crippen LogP contribution in [0, 0.1) is 0 Å². The van der Waals surface area contributed by atoms with Gasteiger partial charge in [0.25, 0.3) is 0 Å². The summed E-state index contributed by atoms with van der Waals surface area (Å²) in [4.78, 5) is 11.4. The summed E-state index contributed by atoms with van der Waals surface area (Å²) in [6, 6.07) is 0.701. The third kappa shape index (κ3) is 3.98. The number of nitrogens with zero attached hydrogens (tertiary/aromatic N) is 3. The van der Waals surface area contributed by atoms with Gasteiger partial charge >= 0.3 is 0 Å². The van der Waals surface area contributed by atoms with Crippen LogP contribution in [0.3, 0.4) is 0 Å². The van der Waals surface area contributed by atoms with Crippen LogP contribution in [0.2, 0.25) is 0 Å². The van der Waals surface area contributed by atoms with Crippen molar-refractivity contribution in [2.24, 2.45) is 0 Å². The highest BCUT2D eigenvalue weighted by molar-refractivity contribution is 5.75. The van der Waals surface area contributed by atoms with E-state index < -0.39 is 0 Å². The van der Waals surface area contributed by atoms with E-state index in [4.69, 9.17) is 0 Å². The Kier molecular flexibility index (Phi) is 3.87. The molecule has 0 radical (unpaired) electrons. The molecule has 0 unspecified atom stereocenters. The molecule has 1 aliphatic rings. The van der Waals surface area contributed by atoms with Crippen molar-refractivity contribution in [3.05, 3.63) is 12.4 Å². The van der Waals surface area contributed by atoms with Crippen molar-refractivity contribution in [2.45, 2.75) is 31.8 Å². The Labute approximate surface area is 94.4 Å². The second-order valence-electron chi connectivity index (χ2n) is 3.99. The molecule has 1 saturated carbocycles. The van der Waals surface area contributed by atoms with Crippen molar-refractivity contribution in [1.29, 1.82) is 0 Å². The lowest BCUT2D eigenvalue weighted by Gasteiger charge is -2.05. The molecule has 1 amide bonds. The van der Waals surface area contributed by atoms with Crippen LogP contribution in [0.4, 0.5) is 0 Å². The molecule has 1 heterocycles. The van der Waals surface area contributed by atoms with Gasteiger partial charge in [-0.3, -0.25) is 9.48 Å². The summed E-state index contributed by atoms with van der Waals surface area (Å²) < 4.78 is 1.65. The molecular formula is C10H17N5O. The Bertz CT molecular complexity index is 320. The van der Waals surface area contributed by atoms with Gasteiger partial charge in [-0.25, -0.2) is 0 Å². The maximum Gasteiger partial charge on any atom is 0.221 e. The van der Waals surface area contributed by atoms with Gasteiger partial charge in [0.2, 0.25) is 5.91 Å². The fourth-order valence-corrected chi connectivity index (χ4v) is 1.42. The fraction of sp³-hybridized carbons (Fsp3) is 0.700. The molecule has 16 heavy (non-hydrogen) atoms. The molecule has 0 bridgehead atoms. The molecule has 1 aromatic heterocycles. The molecule has 0 aromatic carbocycles. The van der Waals surface area contributed by atoms with Gasteiger partial charge in [0.15, 0.2) is 0 Å². The van der Waals surface area contributed by atoms with Crippen molar-refractivity contribution < 1.29 is 4.79 Å². The second kappa shape index (κ2) is 5.60. The minimum atomic E-state index is 0.0631. The van der Waals surface area contributed by atoms with E-state index >= 15 is 0 Å². The summed E-state index contributed by atoms with van der Waals surface area (Å²) in [5.41, 5.74) is 0. The van der Waals surface area contributed by atoms with Gasteiger partial charge < -0.3 is 10.6 Å². The first-order valence-electron chi connectivity index (χ1n) is 5.69. The number of aryl methyl sites for hydroxylation is 1. The highest BCUT2D eigenvalue weighted by Gasteiger charge is 2.19. The number of hydrogen-bond donors (Lipinski definition) is 2. The van der Waals surface area contributed by atoms with Crippen LogP contribution in [0.25, 0.3) is 0 Å². The SMILES string of the molecule is O=C(CCn1ccnn1)NCCNC1CC1. The number of hydrogen-bond acceptors (Lipinski definition) is 4. The molecule has 2 N–H and O–H groups in total. The average molecular weight is 223 g/mol. The molecule has 0 aliphatic heterocycles. The first-order chi connectivity index (χ1) is 7.84. The van der Waals surface area contributed by atoms with E-state index in [0.29, 0.717) is 25.6 Å². The van der Waals surface area contributed by atoms with Crippen molar-refractivity contribution in [3.8, 4) is 0 Å². The highest BCUT2D eigenvalue weighted by Crippen LogP contribution is 2.17. The third-order valence-corrected chi connectivity index (χ3v) is 2.50. The molecule has 1 fully saturated rings. The molecule has 88 valence electrons. The molecule has 0 saturated heterocycles. The lowest BCUT2D eigenvalue weighted by molar-refractivity contribution is -0.121. The van der Waals surface area contributed by atoms with E-state index in [1.807, 2.05) is 0 Å². The standard InChI is InChI=1S/C10H17N5O/c16-10(3-7-15-8-6-13-14-15)12-5-4-11-9-1-2-9/h6,8-9,11H,1-5,7H2,(H,12,16). The van der Waals surface area contributed by atoms with E-state index in [9.17, 15) is 4.79 Å². The van der Waals surface area contributed by atoms with Crippen LogP contribution in [0.1, 0.15) is 19.3 Å². The van der Waals surface area contributed by atoms with Gasteiger partial charge in [-0.1, -0.05) is 5.21 Å². The number of aromatic nitrogens is 3. The smallest absolute Gasteiger partial charge is 0.221 e. The van der Waals surface area contributed by atoms with Gasteiger partial charge in [-0.15, -0.1) is 5.10 Å². The summed E-state index contributed by atoms with van der Waals surface area (Å²) in [5, 5.41) is 13.7. The van der Waals surface area contributed by atoms with E-state index in [-0.39, 0.29) is 5.91 Å². The van der Waals surface area contributed by atoms with Crippen LogP contribution in [-0.2, 0) is 11.3 Å². The van der Waals surface area contributed by atoms with Crippen LogP contribution < -0.4 is 10.6 Å². The van der Waals surface area contributed by atoms with Crippen molar-refractivity contribution in [1.82, 2.24) is 25.6 Å². The maximum absolute atomic E-state index is 11.4. The van der Waals surface area contributed by atoms with Gasteiger partial charge in [0, 0.05) is 31.7 Å². The van der Waals surface area contributed by atoms with Crippen molar-refractivity contribution in [2.75, 3.05) is 13.1 Å².